The molecule has 2 unspecified atom stereocenters. The van der Waals surface area contributed by atoms with Gasteiger partial charge < -0.3 is 5.32 Å². The number of carbonyl (C=O) groups is 1. The number of benzene rings is 1. The molecule has 1 aliphatic carbocycles. The summed E-state index contributed by atoms with van der Waals surface area (Å²) in [5.41, 5.74) is 3.28. The van der Waals surface area contributed by atoms with Crippen molar-refractivity contribution in [3.05, 3.63) is 58.8 Å². The van der Waals surface area contributed by atoms with Crippen molar-refractivity contribution in [2.75, 3.05) is 10.0 Å². The van der Waals surface area contributed by atoms with Crippen LogP contribution >= 0.6 is 22.9 Å². The van der Waals surface area contributed by atoms with E-state index in [9.17, 15) is 9.00 Å². The molecule has 0 radical (unpaired) electrons. The van der Waals surface area contributed by atoms with Gasteiger partial charge in [-0.3, -0.25) is 14.5 Å². The topological polar surface area (TPSA) is 84.0 Å². The van der Waals surface area contributed by atoms with E-state index in [0.29, 0.717) is 28.0 Å². The Kier molecular flexibility index (Phi) is 6.46. The monoisotopic (exact) mass is 460 g/mol. The van der Waals surface area contributed by atoms with E-state index in [-0.39, 0.29) is 17.1 Å². The highest BCUT2D eigenvalue weighted by atomic mass is 35.5. The van der Waals surface area contributed by atoms with Crippen molar-refractivity contribution in [3.8, 4) is 11.1 Å². The molecule has 1 aromatic carbocycles. The van der Waals surface area contributed by atoms with Gasteiger partial charge in [0.2, 0.25) is 5.91 Å². The van der Waals surface area contributed by atoms with Crippen LogP contribution in [0.1, 0.15) is 37.8 Å². The smallest absolute Gasteiger partial charge is 0.233 e. The summed E-state index contributed by atoms with van der Waals surface area (Å²) in [6, 6.07) is 9.39. The van der Waals surface area contributed by atoms with E-state index < -0.39 is 11.0 Å². The molecule has 2 atom stereocenters. The summed E-state index contributed by atoms with van der Waals surface area (Å²) < 4.78 is 15.0. The number of hydrogen-bond donors (Lipinski definition) is 2. The fraction of sp³-hybridized carbons (Fsp3) is 0.286. The second-order valence-electron chi connectivity index (χ2n) is 7.10. The molecule has 9 heteroatoms. The van der Waals surface area contributed by atoms with Gasteiger partial charge in [0, 0.05) is 29.0 Å². The minimum absolute atomic E-state index is 0.116. The van der Waals surface area contributed by atoms with Gasteiger partial charge in [0.1, 0.15) is 11.0 Å². The highest BCUT2D eigenvalue weighted by molar-refractivity contribution is 7.87. The van der Waals surface area contributed by atoms with E-state index in [0.717, 1.165) is 24.0 Å². The van der Waals surface area contributed by atoms with Crippen LogP contribution in [0.15, 0.2) is 48.1 Å². The fourth-order valence-electron chi connectivity index (χ4n) is 3.02. The van der Waals surface area contributed by atoms with Crippen molar-refractivity contribution in [1.82, 2.24) is 9.97 Å². The van der Waals surface area contributed by atoms with E-state index in [2.05, 4.69) is 20.0 Å². The average Bonchev–Trinajstić information content (AvgIpc) is 3.50. The SMILES string of the molecule is CCC(C(=O)Nc1ccc(-c2cncc(Cl)c2)cc1)c1csc(NS(=O)C2CC2)n1. The van der Waals surface area contributed by atoms with Crippen LogP contribution in [0.3, 0.4) is 0 Å². The third-order valence-electron chi connectivity index (χ3n) is 4.81. The van der Waals surface area contributed by atoms with Crippen LogP contribution in [-0.4, -0.2) is 25.3 Å². The van der Waals surface area contributed by atoms with Crippen LogP contribution in [0, 0.1) is 0 Å². The lowest BCUT2D eigenvalue weighted by molar-refractivity contribution is -0.117. The van der Waals surface area contributed by atoms with Crippen LogP contribution < -0.4 is 10.0 Å². The van der Waals surface area contributed by atoms with Crippen LogP contribution in [0.5, 0.6) is 0 Å². The molecule has 2 N–H and O–H groups in total. The van der Waals surface area contributed by atoms with E-state index >= 15 is 0 Å². The van der Waals surface area contributed by atoms with Crippen molar-refractivity contribution in [3.63, 3.8) is 0 Å². The molecule has 0 aliphatic heterocycles. The van der Waals surface area contributed by atoms with Crippen LogP contribution in [0.4, 0.5) is 10.8 Å². The first kappa shape index (κ1) is 21.0. The van der Waals surface area contributed by atoms with Gasteiger partial charge in [-0.1, -0.05) is 30.7 Å². The number of nitrogens with one attached hydrogen (secondary N) is 2. The largest absolute Gasteiger partial charge is 0.326 e. The molecule has 1 fully saturated rings. The molecule has 0 spiro atoms. The highest BCUT2D eigenvalue weighted by Gasteiger charge is 2.29. The fourth-order valence-corrected chi connectivity index (χ4v) is 5.19. The van der Waals surface area contributed by atoms with Gasteiger partial charge in [-0.05, 0) is 43.0 Å². The van der Waals surface area contributed by atoms with E-state index in [1.807, 2.05) is 42.6 Å². The standard InChI is InChI=1S/C21H21ClN4O2S2/c1-2-18(19-12-29-21(25-19)26-30(28)17-7-8-17)20(27)24-16-5-3-13(4-6-16)14-9-15(22)11-23-10-14/h3-6,9-12,17-18H,2,7-8H2,1H3,(H,24,27)(H,25,26). The third-order valence-corrected chi connectivity index (χ3v) is 7.39. The number of pyridine rings is 1. The minimum atomic E-state index is -1.09. The molecule has 156 valence electrons. The lowest BCUT2D eigenvalue weighted by Gasteiger charge is -2.13. The van der Waals surface area contributed by atoms with Crippen LogP contribution in [-0.2, 0) is 15.8 Å². The van der Waals surface area contributed by atoms with E-state index in [4.69, 9.17) is 11.6 Å². The summed E-state index contributed by atoms with van der Waals surface area (Å²) in [4.78, 5) is 21.4. The molecule has 2 heterocycles. The molecule has 2 aromatic heterocycles. The maximum absolute atomic E-state index is 12.8. The Balaban J connectivity index is 1.41. The van der Waals surface area contributed by atoms with Crippen molar-refractivity contribution < 1.29 is 9.00 Å². The second-order valence-corrected chi connectivity index (χ2v) is 9.86. The quantitative estimate of drug-likeness (QED) is 0.482. The summed E-state index contributed by atoms with van der Waals surface area (Å²) in [6.07, 6.45) is 5.94. The summed E-state index contributed by atoms with van der Waals surface area (Å²) in [5, 5.41) is 6.23. The van der Waals surface area contributed by atoms with Gasteiger partial charge in [0.05, 0.1) is 21.9 Å². The van der Waals surface area contributed by atoms with Crippen molar-refractivity contribution in [1.29, 1.82) is 0 Å². The molecule has 30 heavy (non-hydrogen) atoms. The molecule has 1 aliphatic rings. The zero-order chi connectivity index (χ0) is 21.1. The molecule has 3 aromatic rings. The Morgan fingerprint density at radius 3 is 2.70 bits per heavy atom. The Morgan fingerprint density at radius 2 is 2.03 bits per heavy atom. The van der Waals surface area contributed by atoms with Gasteiger partial charge in [0.15, 0.2) is 5.13 Å². The Bertz CT molecular complexity index is 1070. The summed E-state index contributed by atoms with van der Waals surface area (Å²) in [5.74, 6) is -0.488. The van der Waals surface area contributed by atoms with Crippen molar-refractivity contribution in [2.24, 2.45) is 0 Å². The molecule has 0 saturated heterocycles. The number of hydrogen-bond acceptors (Lipinski definition) is 5. The maximum Gasteiger partial charge on any atom is 0.233 e. The molecule has 0 bridgehead atoms. The predicted molar refractivity (Wildman–Crippen MR) is 123 cm³/mol. The first-order valence-electron chi connectivity index (χ1n) is 9.68. The molecular formula is C21H21ClN4O2S2. The molecule has 1 amide bonds. The van der Waals surface area contributed by atoms with Crippen LogP contribution in [0.25, 0.3) is 11.1 Å². The third kappa shape index (κ3) is 5.06. The van der Waals surface area contributed by atoms with Gasteiger partial charge in [-0.15, -0.1) is 11.3 Å². The molecule has 4 rings (SSSR count). The molecule has 1 saturated carbocycles. The number of nitrogens with zero attached hydrogens (tertiary/aromatic N) is 2. The molecule has 6 nitrogen and oxygen atoms in total. The number of thiazole rings is 1. The number of rotatable bonds is 8. The number of anilines is 2. The van der Waals surface area contributed by atoms with Gasteiger partial charge in [0.25, 0.3) is 0 Å². The van der Waals surface area contributed by atoms with Crippen molar-refractivity contribution >= 4 is 50.6 Å². The van der Waals surface area contributed by atoms with E-state index in [1.54, 1.807) is 12.4 Å². The normalized spacial score (nSPS) is 15.4. The molecular weight excluding hydrogens is 440 g/mol. The summed E-state index contributed by atoms with van der Waals surface area (Å²) in [6.45, 7) is 1.95. The van der Waals surface area contributed by atoms with Gasteiger partial charge >= 0.3 is 0 Å². The predicted octanol–water partition coefficient (Wildman–Crippen LogP) is 5.23. The number of aromatic nitrogens is 2. The first-order valence-corrected chi connectivity index (χ1v) is 12.1. The number of amides is 1. The van der Waals surface area contributed by atoms with Crippen molar-refractivity contribution in [2.45, 2.75) is 37.4 Å². The number of carbonyl (C=O) groups excluding carboxylic acids is 1. The summed E-state index contributed by atoms with van der Waals surface area (Å²) >= 11 is 7.38. The maximum atomic E-state index is 12.8. The van der Waals surface area contributed by atoms with Gasteiger partial charge in [-0.25, -0.2) is 9.19 Å². The highest BCUT2D eigenvalue weighted by Crippen LogP contribution is 2.30. The zero-order valence-corrected chi connectivity index (χ0v) is 18.7. The minimum Gasteiger partial charge on any atom is -0.326 e. The average molecular weight is 461 g/mol. The zero-order valence-electron chi connectivity index (χ0n) is 16.3. The van der Waals surface area contributed by atoms with Crippen LogP contribution in [0.2, 0.25) is 5.02 Å². The number of halogens is 1. The van der Waals surface area contributed by atoms with Gasteiger partial charge in [-0.2, -0.15) is 0 Å². The summed E-state index contributed by atoms with van der Waals surface area (Å²) in [7, 11) is -1.09. The Morgan fingerprint density at radius 1 is 1.27 bits per heavy atom. The van der Waals surface area contributed by atoms with E-state index in [1.165, 1.54) is 11.3 Å². The Hall–Kier alpha value is -2.29. The lowest BCUT2D eigenvalue weighted by Crippen LogP contribution is -2.21. The second kappa shape index (κ2) is 9.24. The Labute approximate surface area is 186 Å². The lowest BCUT2D eigenvalue weighted by atomic mass is 10.0. The first-order chi connectivity index (χ1) is 14.5.